The Morgan fingerprint density at radius 3 is 2.79 bits per heavy atom. The summed E-state index contributed by atoms with van der Waals surface area (Å²) in [6.07, 6.45) is 1.70. The summed E-state index contributed by atoms with van der Waals surface area (Å²) in [6.45, 7) is 1.87. The lowest BCUT2D eigenvalue weighted by molar-refractivity contribution is 0.102. The number of aryl methyl sites for hydroxylation is 1. The van der Waals surface area contributed by atoms with E-state index in [2.05, 4.69) is 15.3 Å². The van der Waals surface area contributed by atoms with E-state index in [1.54, 1.807) is 43.6 Å². The number of methoxy groups -OCH3 is 1. The number of benzene rings is 2. The highest BCUT2D eigenvalue weighted by Crippen LogP contribution is 2.28. The highest BCUT2D eigenvalue weighted by molar-refractivity contribution is 6.32. The first-order valence-corrected chi connectivity index (χ1v) is 9.00. The molecule has 0 saturated carbocycles. The molecule has 2 aromatic carbocycles. The van der Waals surface area contributed by atoms with Gasteiger partial charge in [0.25, 0.3) is 5.91 Å². The van der Waals surface area contributed by atoms with Crippen LogP contribution in [0, 0.1) is 6.92 Å². The van der Waals surface area contributed by atoms with E-state index in [1.165, 1.54) is 0 Å². The van der Waals surface area contributed by atoms with Crippen molar-refractivity contribution in [1.29, 1.82) is 0 Å². The Morgan fingerprint density at radius 2 is 1.96 bits per heavy atom. The zero-order chi connectivity index (χ0) is 19.7. The molecule has 2 heterocycles. The lowest BCUT2D eigenvalue weighted by Crippen LogP contribution is -2.13. The molecule has 0 fully saturated rings. The van der Waals surface area contributed by atoms with Crippen LogP contribution in [0.1, 0.15) is 16.2 Å². The average Bonchev–Trinajstić information content (AvgIpc) is 3.04. The van der Waals surface area contributed by atoms with Crippen molar-refractivity contribution in [2.24, 2.45) is 0 Å². The van der Waals surface area contributed by atoms with Crippen molar-refractivity contribution >= 4 is 34.4 Å². The standard InChI is InChI=1S/C21H17ClN4O2/c1-13-24-17-7-5-11-23-20(17)26(13)18-12-14(9-10-15(18)22)21(27)25-16-6-3-4-8-19(16)28-2/h3-12H,1-2H3,(H,25,27). The van der Waals surface area contributed by atoms with Gasteiger partial charge in [0, 0.05) is 11.8 Å². The van der Waals surface area contributed by atoms with E-state index < -0.39 is 0 Å². The summed E-state index contributed by atoms with van der Waals surface area (Å²) in [7, 11) is 1.56. The van der Waals surface area contributed by atoms with E-state index in [9.17, 15) is 4.79 Å². The summed E-state index contributed by atoms with van der Waals surface area (Å²) in [5.74, 6) is 1.06. The molecule has 7 heteroatoms. The minimum absolute atomic E-state index is 0.266. The lowest BCUT2D eigenvalue weighted by Gasteiger charge is -2.12. The highest BCUT2D eigenvalue weighted by atomic mass is 35.5. The van der Waals surface area contributed by atoms with E-state index in [4.69, 9.17) is 16.3 Å². The molecular formula is C21H17ClN4O2. The zero-order valence-corrected chi connectivity index (χ0v) is 16.1. The van der Waals surface area contributed by atoms with Crippen molar-refractivity contribution in [1.82, 2.24) is 14.5 Å². The number of hydrogen-bond acceptors (Lipinski definition) is 4. The van der Waals surface area contributed by atoms with Crippen molar-refractivity contribution in [3.63, 3.8) is 0 Å². The van der Waals surface area contributed by atoms with Crippen LogP contribution >= 0.6 is 11.6 Å². The molecule has 2 aromatic heterocycles. The number of carbonyl (C=O) groups is 1. The monoisotopic (exact) mass is 392 g/mol. The minimum Gasteiger partial charge on any atom is -0.495 e. The van der Waals surface area contributed by atoms with Gasteiger partial charge in [0.1, 0.15) is 17.1 Å². The van der Waals surface area contributed by atoms with Crippen molar-refractivity contribution < 1.29 is 9.53 Å². The molecule has 6 nitrogen and oxygen atoms in total. The van der Waals surface area contributed by atoms with E-state index in [0.29, 0.717) is 33.4 Å². The predicted octanol–water partition coefficient (Wildman–Crippen LogP) is 4.64. The zero-order valence-electron chi connectivity index (χ0n) is 15.3. The lowest BCUT2D eigenvalue weighted by atomic mass is 10.1. The van der Waals surface area contributed by atoms with E-state index in [-0.39, 0.29) is 5.91 Å². The van der Waals surface area contributed by atoms with Gasteiger partial charge >= 0.3 is 0 Å². The normalized spacial score (nSPS) is 10.8. The van der Waals surface area contributed by atoms with Crippen LogP contribution in [0.5, 0.6) is 5.75 Å². The Balaban J connectivity index is 1.75. The second-order valence-corrected chi connectivity index (χ2v) is 6.57. The molecule has 0 aliphatic carbocycles. The second kappa shape index (κ2) is 7.32. The molecule has 1 N–H and O–H groups in total. The number of nitrogens with one attached hydrogen (secondary N) is 1. The molecule has 0 bridgehead atoms. The number of rotatable bonds is 4. The van der Waals surface area contributed by atoms with Gasteiger partial charge in [0.2, 0.25) is 0 Å². The topological polar surface area (TPSA) is 69.0 Å². The quantitative estimate of drug-likeness (QED) is 0.549. The number of imidazole rings is 1. The van der Waals surface area contributed by atoms with Crippen LogP contribution in [-0.2, 0) is 0 Å². The number of ether oxygens (including phenoxy) is 1. The van der Waals surface area contributed by atoms with Crippen molar-refractivity contribution in [3.05, 3.63) is 77.2 Å². The Kier molecular flexibility index (Phi) is 4.71. The van der Waals surface area contributed by atoms with E-state index in [0.717, 1.165) is 11.3 Å². The molecule has 140 valence electrons. The third kappa shape index (κ3) is 3.18. The highest BCUT2D eigenvalue weighted by Gasteiger charge is 2.16. The van der Waals surface area contributed by atoms with Crippen LogP contribution in [0.3, 0.4) is 0 Å². The first-order valence-electron chi connectivity index (χ1n) is 8.63. The molecule has 4 aromatic rings. The summed E-state index contributed by atoms with van der Waals surface area (Å²) in [4.78, 5) is 21.7. The Labute approximate surface area is 166 Å². The van der Waals surface area contributed by atoms with Gasteiger partial charge in [-0.15, -0.1) is 0 Å². The first kappa shape index (κ1) is 18.0. The number of halogens is 1. The van der Waals surface area contributed by atoms with Crippen molar-refractivity contribution in [3.8, 4) is 11.4 Å². The fourth-order valence-corrected chi connectivity index (χ4v) is 3.28. The van der Waals surface area contributed by atoms with Crippen LogP contribution < -0.4 is 10.1 Å². The van der Waals surface area contributed by atoms with Gasteiger partial charge in [-0.1, -0.05) is 23.7 Å². The number of fused-ring (bicyclic) bond motifs is 1. The van der Waals surface area contributed by atoms with E-state index in [1.807, 2.05) is 35.8 Å². The summed E-state index contributed by atoms with van der Waals surface area (Å²) in [6, 6.07) is 16.1. The maximum atomic E-state index is 12.8. The molecule has 0 radical (unpaired) electrons. The SMILES string of the molecule is COc1ccccc1NC(=O)c1ccc(Cl)c(-n2c(C)nc3cccnc32)c1. The van der Waals surface area contributed by atoms with Crippen LogP contribution in [0.4, 0.5) is 5.69 Å². The van der Waals surface area contributed by atoms with Gasteiger partial charge in [-0.25, -0.2) is 9.97 Å². The number of nitrogens with zero attached hydrogens (tertiary/aromatic N) is 3. The number of pyridine rings is 1. The summed E-state index contributed by atoms with van der Waals surface area (Å²) in [5.41, 5.74) is 3.15. The minimum atomic E-state index is -0.266. The molecule has 0 aliphatic rings. The molecule has 0 saturated heterocycles. The van der Waals surface area contributed by atoms with E-state index >= 15 is 0 Å². The van der Waals surface area contributed by atoms with Crippen molar-refractivity contribution in [2.45, 2.75) is 6.92 Å². The molecule has 0 atom stereocenters. The first-order chi connectivity index (χ1) is 13.6. The summed E-state index contributed by atoms with van der Waals surface area (Å²) in [5, 5.41) is 3.38. The van der Waals surface area contributed by atoms with Crippen LogP contribution in [0.2, 0.25) is 5.02 Å². The maximum absolute atomic E-state index is 12.8. The fourth-order valence-electron chi connectivity index (χ4n) is 3.08. The number of carbonyl (C=O) groups excluding carboxylic acids is 1. The average molecular weight is 393 g/mol. The molecule has 0 unspecified atom stereocenters. The Bertz CT molecular complexity index is 1190. The smallest absolute Gasteiger partial charge is 0.255 e. The largest absolute Gasteiger partial charge is 0.495 e. The van der Waals surface area contributed by atoms with Gasteiger partial charge < -0.3 is 10.1 Å². The van der Waals surface area contributed by atoms with Crippen LogP contribution in [-0.4, -0.2) is 27.6 Å². The molecule has 0 spiro atoms. The Hall–Kier alpha value is -3.38. The van der Waals surface area contributed by atoms with Gasteiger partial charge in [0.05, 0.1) is 23.5 Å². The number of amides is 1. The molecular weight excluding hydrogens is 376 g/mol. The molecule has 4 rings (SSSR count). The predicted molar refractivity (Wildman–Crippen MR) is 110 cm³/mol. The van der Waals surface area contributed by atoms with Gasteiger partial charge in [-0.05, 0) is 49.4 Å². The van der Waals surface area contributed by atoms with Gasteiger partial charge in [-0.2, -0.15) is 0 Å². The third-order valence-corrected chi connectivity index (χ3v) is 4.71. The number of aromatic nitrogens is 3. The van der Waals surface area contributed by atoms with Crippen LogP contribution in [0.25, 0.3) is 16.9 Å². The molecule has 28 heavy (non-hydrogen) atoms. The Morgan fingerprint density at radius 1 is 1.14 bits per heavy atom. The van der Waals surface area contributed by atoms with Gasteiger partial charge in [0.15, 0.2) is 5.65 Å². The number of hydrogen-bond donors (Lipinski definition) is 1. The van der Waals surface area contributed by atoms with Gasteiger partial charge in [-0.3, -0.25) is 9.36 Å². The third-order valence-electron chi connectivity index (χ3n) is 4.39. The summed E-state index contributed by atoms with van der Waals surface area (Å²) < 4.78 is 7.14. The van der Waals surface area contributed by atoms with Crippen molar-refractivity contribution in [2.75, 3.05) is 12.4 Å². The number of para-hydroxylation sites is 2. The molecule has 1 amide bonds. The molecule has 0 aliphatic heterocycles. The van der Waals surface area contributed by atoms with Crippen LogP contribution in [0.15, 0.2) is 60.8 Å². The fraction of sp³-hybridized carbons (Fsp3) is 0.0952. The number of anilines is 1. The maximum Gasteiger partial charge on any atom is 0.255 e. The summed E-state index contributed by atoms with van der Waals surface area (Å²) >= 11 is 6.44. The second-order valence-electron chi connectivity index (χ2n) is 6.16.